The van der Waals surface area contributed by atoms with Crippen LogP contribution in [0.5, 0.6) is 0 Å². The third-order valence-corrected chi connectivity index (χ3v) is 10.4. The van der Waals surface area contributed by atoms with Gasteiger partial charge in [0.2, 0.25) is 0 Å². The molecule has 19 heteroatoms. The number of aliphatic hydroxyl groups is 10. The largest absolute Gasteiger partial charge is 0.463 e. The van der Waals surface area contributed by atoms with Crippen LogP contribution in [0, 0.1) is 11.8 Å². The summed E-state index contributed by atoms with van der Waals surface area (Å²) in [4.78, 5) is 22.8. The molecule has 2 saturated carbocycles. The van der Waals surface area contributed by atoms with Crippen LogP contribution in [-0.2, 0) is 42.7 Å². The van der Waals surface area contributed by atoms with Crippen molar-refractivity contribution in [1.82, 2.24) is 0 Å². The quantitative estimate of drug-likeness (QED) is 0.0994. The third kappa shape index (κ3) is 8.75. The summed E-state index contributed by atoms with van der Waals surface area (Å²) in [5.41, 5.74) is 0. The van der Waals surface area contributed by atoms with Gasteiger partial charge in [-0.15, -0.1) is 0 Å². The first-order valence-corrected chi connectivity index (χ1v) is 16.9. The Morgan fingerprint density at radius 3 is 1.52 bits per heavy atom. The highest BCUT2D eigenvalue weighted by molar-refractivity contribution is 5.66. The summed E-state index contributed by atoms with van der Waals surface area (Å²) in [6, 6.07) is 0. The topological polar surface area (TPSA) is 301 Å². The summed E-state index contributed by atoms with van der Waals surface area (Å²) in [6.07, 6.45) is -24.5. The highest BCUT2D eigenvalue weighted by Crippen LogP contribution is 2.45. The predicted octanol–water partition coefficient (Wildman–Crippen LogP) is -5.08. The van der Waals surface area contributed by atoms with Crippen LogP contribution in [0.2, 0.25) is 0 Å². The van der Waals surface area contributed by atoms with Crippen LogP contribution >= 0.6 is 0 Å². The maximum Gasteiger partial charge on any atom is 0.302 e. The fraction of sp³-hybridized carbons (Fsp3) is 0.935. The number of carbonyl (C=O) groups is 2. The Bertz CT molecular complexity index is 1130. The standard InChI is InChI=1S/C31H50O19/c1-10(32)44-8-20-23(38)25(40)27(42)30(49-20)47-18-6-13(34)5-17-14(18)7-19(29(46-17)12-3-15(35)22(37)16(36)4-12)48-31-28(43)26(41)24(39)21(50-31)9-45-11(2)33/h12-31,34-43H,3-9H2,1-2H3. The lowest BCUT2D eigenvalue weighted by atomic mass is 9.72. The zero-order valence-electron chi connectivity index (χ0n) is 27.6. The lowest BCUT2D eigenvalue weighted by Crippen LogP contribution is -2.63. The van der Waals surface area contributed by atoms with Crippen LogP contribution in [0.4, 0.5) is 0 Å². The van der Waals surface area contributed by atoms with E-state index in [1.807, 2.05) is 0 Å². The molecule has 288 valence electrons. The number of hydrogen-bond donors (Lipinski definition) is 10. The second-order valence-electron chi connectivity index (χ2n) is 14.0. The van der Waals surface area contributed by atoms with E-state index in [1.54, 1.807) is 0 Å². The number of rotatable bonds is 9. The molecule has 18 unspecified atom stereocenters. The highest BCUT2D eigenvalue weighted by Gasteiger charge is 2.54. The highest BCUT2D eigenvalue weighted by atomic mass is 16.7. The molecule has 5 fully saturated rings. The van der Waals surface area contributed by atoms with Crippen LogP contribution in [-0.4, -0.2) is 186 Å². The molecule has 5 aliphatic rings. The van der Waals surface area contributed by atoms with E-state index < -0.39 is 147 Å². The number of ether oxygens (including phenoxy) is 7. The predicted molar refractivity (Wildman–Crippen MR) is 159 cm³/mol. The van der Waals surface area contributed by atoms with Gasteiger partial charge >= 0.3 is 11.9 Å². The molecule has 0 bridgehead atoms. The van der Waals surface area contributed by atoms with E-state index in [0.717, 1.165) is 13.8 Å². The number of aliphatic hydroxyl groups excluding tert-OH is 10. The van der Waals surface area contributed by atoms with Gasteiger partial charge in [0.25, 0.3) is 0 Å². The van der Waals surface area contributed by atoms with E-state index in [4.69, 9.17) is 33.2 Å². The van der Waals surface area contributed by atoms with Gasteiger partial charge in [-0.3, -0.25) is 9.59 Å². The van der Waals surface area contributed by atoms with Crippen LogP contribution in [0.3, 0.4) is 0 Å². The van der Waals surface area contributed by atoms with Gasteiger partial charge in [-0.25, -0.2) is 0 Å². The van der Waals surface area contributed by atoms with Crippen molar-refractivity contribution in [2.45, 2.75) is 156 Å². The molecule has 0 aromatic heterocycles. The van der Waals surface area contributed by atoms with Crippen molar-refractivity contribution in [3.05, 3.63) is 0 Å². The molecule has 0 aromatic rings. The van der Waals surface area contributed by atoms with Gasteiger partial charge in [-0.1, -0.05) is 0 Å². The molecular weight excluding hydrogens is 676 g/mol. The molecule has 18 atom stereocenters. The summed E-state index contributed by atoms with van der Waals surface area (Å²) in [5, 5.41) is 106. The van der Waals surface area contributed by atoms with Crippen LogP contribution in [0.15, 0.2) is 0 Å². The lowest BCUT2D eigenvalue weighted by molar-refractivity contribution is -0.345. The zero-order chi connectivity index (χ0) is 36.6. The van der Waals surface area contributed by atoms with E-state index in [2.05, 4.69) is 0 Å². The normalized spacial score (nSPS) is 49.8. The Kier molecular flexibility index (Phi) is 13.1. The molecule has 2 aliphatic carbocycles. The molecule has 3 saturated heterocycles. The number of esters is 2. The molecule has 19 nitrogen and oxygen atoms in total. The Morgan fingerprint density at radius 1 is 0.560 bits per heavy atom. The van der Waals surface area contributed by atoms with Gasteiger partial charge in [-0.05, 0) is 31.6 Å². The van der Waals surface area contributed by atoms with Crippen LogP contribution < -0.4 is 0 Å². The molecule has 0 spiro atoms. The summed E-state index contributed by atoms with van der Waals surface area (Å²) in [6.45, 7) is 1.37. The lowest BCUT2D eigenvalue weighted by Gasteiger charge is -2.52. The minimum Gasteiger partial charge on any atom is -0.463 e. The van der Waals surface area contributed by atoms with Crippen molar-refractivity contribution < 1.29 is 93.8 Å². The fourth-order valence-corrected chi connectivity index (χ4v) is 7.67. The second-order valence-corrected chi connectivity index (χ2v) is 14.0. The van der Waals surface area contributed by atoms with Gasteiger partial charge < -0.3 is 84.2 Å². The van der Waals surface area contributed by atoms with Crippen molar-refractivity contribution >= 4 is 11.9 Å². The average Bonchev–Trinajstić information content (AvgIpc) is 3.06. The molecule has 3 heterocycles. The van der Waals surface area contributed by atoms with Crippen LogP contribution in [0.25, 0.3) is 0 Å². The molecule has 50 heavy (non-hydrogen) atoms. The first-order valence-electron chi connectivity index (χ1n) is 16.9. The van der Waals surface area contributed by atoms with Gasteiger partial charge in [0.15, 0.2) is 12.6 Å². The van der Waals surface area contributed by atoms with E-state index in [0.29, 0.717) is 0 Å². The fourth-order valence-electron chi connectivity index (χ4n) is 7.67. The maximum atomic E-state index is 11.4. The summed E-state index contributed by atoms with van der Waals surface area (Å²) < 4.78 is 40.2. The maximum absolute atomic E-state index is 11.4. The van der Waals surface area contributed by atoms with E-state index >= 15 is 0 Å². The Labute approximate surface area is 287 Å². The average molecular weight is 727 g/mol. The molecular formula is C31H50O19. The summed E-state index contributed by atoms with van der Waals surface area (Å²) in [5.74, 6) is -2.59. The zero-order valence-corrected chi connectivity index (χ0v) is 27.6. The Balaban J connectivity index is 1.39. The van der Waals surface area contributed by atoms with Gasteiger partial charge in [0.1, 0.15) is 68.1 Å². The van der Waals surface area contributed by atoms with Gasteiger partial charge in [0, 0.05) is 26.2 Å². The second kappa shape index (κ2) is 16.6. The van der Waals surface area contributed by atoms with E-state index in [-0.39, 0.29) is 32.1 Å². The third-order valence-electron chi connectivity index (χ3n) is 10.4. The molecule has 3 aliphatic heterocycles. The molecule has 10 N–H and O–H groups in total. The first kappa shape index (κ1) is 39.5. The molecule has 0 amide bonds. The summed E-state index contributed by atoms with van der Waals surface area (Å²) >= 11 is 0. The number of carbonyl (C=O) groups excluding carboxylic acids is 2. The molecule has 0 aromatic carbocycles. The van der Waals surface area contributed by atoms with Crippen molar-refractivity contribution in [3.8, 4) is 0 Å². The number of hydrogen-bond acceptors (Lipinski definition) is 19. The smallest absolute Gasteiger partial charge is 0.302 e. The Morgan fingerprint density at radius 2 is 1.04 bits per heavy atom. The van der Waals surface area contributed by atoms with Crippen molar-refractivity contribution in [1.29, 1.82) is 0 Å². The van der Waals surface area contributed by atoms with Crippen LogP contribution in [0.1, 0.15) is 46.0 Å². The van der Waals surface area contributed by atoms with Crippen molar-refractivity contribution in [2.24, 2.45) is 11.8 Å². The monoisotopic (exact) mass is 726 g/mol. The van der Waals surface area contributed by atoms with Gasteiger partial charge in [-0.2, -0.15) is 0 Å². The minimum absolute atomic E-state index is 0.00667. The molecule has 5 rings (SSSR count). The SMILES string of the molecule is CC(=O)OCC1OC(OC2CC(O)CC3OC(C4CC(O)C(O)C(O)C4)C(OC4OC(COC(C)=O)C(O)C(O)C4O)CC23)C(O)C(O)C1O. The van der Waals surface area contributed by atoms with Crippen molar-refractivity contribution in [3.63, 3.8) is 0 Å². The van der Waals surface area contributed by atoms with E-state index in [1.165, 1.54) is 0 Å². The first-order chi connectivity index (χ1) is 23.5. The van der Waals surface area contributed by atoms with Gasteiger partial charge in [0.05, 0.1) is 42.7 Å². The minimum atomic E-state index is -1.78. The number of fused-ring (bicyclic) bond motifs is 1. The molecule has 0 radical (unpaired) electrons. The Hall–Kier alpha value is -1.66. The van der Waals surface area contributed by atoms with E-state index in [9.17, 15) is 60.7 Å². The van der Waals surface area contributed by atoms with Crippen molar-refractivity contribution in [2.75, 3.05) is 13.2 Å². The summed E-state index contributed by atoms with van der Waals surface area (Å²) in [7, 11) is 0.